The quantitative estimate of drug-likeness (QED) is 0.280. The van der Waals surface area contributed by atoms with E-state index in [4.69, 9.17) is 4.74 Å². The van der Waals surface area contributed by atoms with Crippen molar-refractivity contribution >= 4 is 38.2 Å². The number of nitrogens with zero attached hydrogens (tertiary/aromatic N) is 2. The number of morpholine rings is 1. The highest BCUT2D eigenvalue weighted by Gasteiger charge is 2.29. The smallest absolute Gasteiger partial charge is 0.289 e. The van der Waals surface area contributed by atoms with Crippen LogP contribution >= 0.6 is 11.8 Å². The molecular weight excluding hydrogens is 462 g/mol. The molecule has 0 bridgehead atoms. The molecule has 33 heavy (non-hydrogen) atoms. The Morgan fingerprint density at radius 2 is 1.73 bits per heavy atom. The number of nitrogens with one attached hydrogen (secondary N) is 1. The van der Waals surface area contributed by atoms with E-state index in [1.54, 1.807) is 11.8 Å². The lowest BCUT2D eigenvalue weighted by Crippen LogP contribution is -2.48. The van der Waals surface area contributed by atoms with Gasteiger partial charge in [-0.2, -0.15) is 0 Å². The summed E-state index contributed by atoms with van der Waals surface area (Å²) in [5.74, 6) is 0.482. The van der Waals surface area contributed by atoms with Gasteiger partial charge in [0.25, 0.3) is 5.69 Å². The summed E-state index contributed by atoms with van der Waals surface area (Å²) in [4.78, 5) is 13.6. The number of nitro benzene ring substituents is 1. The minimum atomic E-state index is -4.09. The van der Waals surface area contributed by atoms with E-state index in [9.17, 15) is 18.5 Å². The van der Waals surface area contributed by atoms with Crippen molar-refractivity contribution in [3.05, 3.63) is 76.8 Å². The number of para-hydroxylation sites is 1. The lowest BCUT2D eigenvalue weighted by Gasteiger charge is -2.30. The lowest BCUT2D eigenvalue weighted by atomic mass is 10.1. The van der Waals surface area contributed by atoms with E-state index in [1.165, 1.54) is 24.3 Å². The Hall–Kier alpha value is -2.50. The molecule has 1 aliphatic rings. The van der Waals surface area contributed by atoms with Gasteiger partial charge in [0.15, 0.2) is 4.90 Å². The topological polar surface area (TPSA) is 102 Å². The van der Waals surface area contributed by atoms with Crippen LogP contribution in [0.5, 0.6) is 0 Å². The van der Waals surface area contributed by atoms with Gasteiger partial charge in [-0.05, 0) is 29.0 Å². The van der Waals surface area contributed by atoms with Crippen molar-refractivity contribution in [2.24, 2.45) is 0 Å². The monoisotopic (exact) mass is 487 g/mol. The molecule has 8 nitrogen and oxygen atoms in total. The van der Waals surface area contributed by atoms with Gasteiger partial charge in [0.1, 0.15) is 0 Å². The van der Waals surface area contributed by atoms with Gasteiger partial charge >= 0.3 is 0 Å². The largest absolute Gasteiger partial charge is 0.379 e. The predicted octanol–water partition coefficient (Wildman–Crippen LogP) is 3.52. The number of sulfonamides is 1. The highest BCUT2D eigenvalue weighted by Crippen LogP contribution is 2.26. The van der Waals surface area contributed by atoms with Crippen LogP contribution in [0, 0.1) is 10.1 Å². The van der Waals surface area contributed by atoms with Crippen molar-refractivity contribution in [3.63, 3.8) is 0 Å². The summed E-state index contributed by atoms with van der Waals surface area (Å²) in [6.45, 7) is 3.11. The molecular formula is C23H25N3O5S2. The Kier molecular flexibility index (Phi) is 7.61. The van der Waals surface area contributed by atoms with E-state index in [0.717, 1.165) is 15.7 Å². The van der Waals surface area contributed by atoms with E-state index < -0.39 is 26.7 Å². The number of fused-ring (bicyclic) bond motifs is 1. The second-order valence-electron chi connectivity index (χ2n) is 7.78. The van der Waals surface area contributed by atoms with Crippen LogP contribution < -0.4 is 4.72 Å². The fraction of sp³-hybridized carbons (Fsp3) is 0.304. The third-order valence-electron chi connectivity index (χ3n) is 5.43. The maximum atomic E-state index is 13.1. The first-order chi connectivity index (χ1) is 15.9. The minimum absolute atomic E-state index is 0.322. The molecule has 1 N–H and O–H groups in total. The predicted molar refractivity (Wildman–Crippen MR) is 129 cm³/mol. The van der Waals surface area contributed by atoms with Gasteiger partial charge in [0.05, 0.1) is 18.1 Å². The zero-order valence-electron chi connectivity index (χ0n) is 17.9. The Bertz CT molecular complexity index is 1230. The van der Waals surface area contributed by atoms with Gasteiger partial charge in [-0.15, -0.1) is 11.8 Å². The van der Waals surface area contributed by atoms with Gasteiger partial charge in [-0.3, -0.25) is 15.0 Å². The van der Waals surface area contributed by atoms with Gasteiger partial charge in [0.2, 0.25) is 10.0 Å². The Labute approximate surface area is 197 Å². The number of rotatable bonds is 9. The normalized spacial score (nSPS) is 16.0. The Morgan fingerprint density at radius 3 is 2.48 bits per heavy atom. The molecule has 0 unspecified atom stereocenters. The molecule has 0 aromatic heterocycles. The van der Waals surface area contributed by atoms with Crippen molar-refractivity contribution in [2.75, 3.05) is 38.6 Å². The maximum Gasteiger partial charge on any atom is 0.289 e. The van der Waals surface area contributed by atoms with Crippen molar-refractivity contribution in [1.82, 2.24) is 9.62 Å². The molecule has 0 radical (unpaired) electrons. The molecule has 1 saturated heterocycles. The van der Waals surface area contributed by atoms with Crippen LogP contribution in [0.15, 0.2) is 76.5 Å². The fourth-order valence-electron chi connectivity index (χ4n) is 3.79. The second kappa shape index (κ2) is 10.6. The van der Waals surface area contributed by atoms with Crippen LogP contribution in [0.4, 0.5) is 5.69 Å². The van der Waals surface area contributed by atoms with E-state index >= 15 is 0 Å². The number of ether oxygens (including phenoxy) is 1. The van der Waals surface area contributed by atoms with Crippen LogP contribution in [0.2, 0.25) is 0 Å². The van der Waals surface area contributed by atoms with Crippen LogP contribution in [-0.2, 0) is 14.8 Å². The van der Waals surface area contributed by atoms with E-state index in [-0.39, 0.29) is 4.90 Å². The lowest BCUT2D eigenvalue weighted by molar-refractivity contribution is -0.387. The molecule has 174 valence electrons. The SMILES string of the molecule is O=[N+]([O-])c1ccccc1S(=O)(=O)N[C@H](CSc1ccc2ccccc2c1)CN1CCOCC1. The molecule has 1 heterocycles. The standard InChI is InChI=1S/C23H25N3O5S2/c27-26(28)22-7-3-4-8-23(22)33(29,30)24-20(16-25-11-13-31-14-12-25)17-32-21-10-9-18-5-1-2-6-19(18)15-21/h1-10,15,20,24H,11-14,16-17H2/t20-/m0/s1. The second-order valence-corrected chi connectivity index (χ2v) is 10.6. The molecule has 0 amide bonds. The first kappa shape index (κ1) is 23.7. The van der Waals surface area contributed by atoms with Crippen LogP contribution in [0.25, 0.3) is 10.8 Å². The zero-order chi connectivity index (χ0) is 23.3. The molecule has 0 aliphatic carbocycles. The van der Waals surface area contributed by atoms with Gasteiger partial charge in [-0.25, -0.2) is 13.1 Å². The van der Waals surface area contributed by atoms with Crippen molar-refractivity contribution in [3.8, 4) is 0 Å². The summed E-state index contributed by atoms with van der Waals surface area (Å²) in [5, 5.41) is 13.6. The van der Waals surface area contributed by atoms with Gasteiger partial charge in [0, 0.05) is 42.4 Å². The molecule has 1 atom stereocenters. The van der Waals surface area contributed by atoms with Crippen LogP contribution in [0.1, 0.15) is 0 Å². The first-order valence-corrected chi connectivity index (χ1v) is 13.1. The number of benzene rings is 3. The summed E-state index contributed by atoms with van der Waals surface area (Å²) >= 11 is 1.56. The summed E-state index contributed by atoms with van der Waals surface area (Å²) in [5.41, 5.74) is -0.433. The molecule has 3 aromatic rings. The van der Waals surface area contributed by atoms with E-state index in [1.807, 2.05) is 36.4 Å². The van der Waals surface area contributed by atoms with Crippen molar-refractivity contribution < 1.29 is 18.1 Å². The highest BCUT2D eigenvalue weighted by atomic mass is 32.2. The zero-order valence-corrected chi connectivity index (χ0v) is 19.6. The minimum Gasteiger partial charge on any atom is -0.379 e. The average molecular weight is 488 g/mol. The Balaban J connectivity index is 1.54. The summed E-state index contributed by atoms with van der Waals surface area (Å²) in [7, 11) is -4.09. The van der Waals surface area contributed by atoms with E-state index in [2.05, 4.69) is 15.7 Å². The number of thioether (sulfide) groups is 1. The van der Waals surface area contributed by atoms with Crippen LogP contribution in [-0.4, -0.2) is 62.9 Å². The molecule has 4 rings (SSSR count). The van der Waals surface area contributed by atoms with Crippen LogP contribution in [0.3, 0.4) is 0 Å². The average Bonchev–Trinajstić information content (AvgIpc) is 2.83. The summed E-state index contributed by atoms with van der Waals surface area (Å²) < 4.78 is 34.4. The third-order valence-corrected chi connectivity index (χ3v) is 8.15. The summed E-state index contributed by atoms with van der Waals surface area (Å²) in [6.07, 6.45) is 0. The molecule has 0 saturated carbocycles. The maximum absolute atomic E-state index is 13.1. The van der Waals surface area contributed by atoms with Gasteiger partial charge < -0.3 is 4.74 Å². The van der Waals surface area contributed by atoms with Gasteiger partial charge in [-0.1, -0.05) is 42.5 Å². The molecule has 1 aliphatic heterocycles. The van der Waals surface area contributed by atoms with Crippen molar-refractivity contribution in [2.45, 2.75) is 15.8 Å². The number of hydrogen-bond acceptors (Lipinski definition) is 7. The first-order valence-electron chi connectivity index (χ1n) is 10.6. The summed E-state index contributed by atoms with van der Waals surface area (Å²) in [6, 6.07) is 19.2. The fourth-order valence-corrected chi connectivity index (χ4v) is 6.25. The molecule has 3 aromatic carbocycles. The van der Waals surface area contributed by atoms with E-state index in [0.29, 0.717) is 38.6 Å². The van der Waals surface area contributed by atoms with Crippen molar-refractivity contribution in [1.29, 1.82) is 0 Å². The molecule has 10 heteroatoms. The molecule has 1 fully saturated rings. The number of nitro groups is 1. The Morgan fingerprint density at radius 1 is 1.03 bits per heavy atom. The third kappa shape index (κ3) is 6.10. The molecule has 0 spiro atoms. The highest BCUT2D eigenvalue weighted by molar-refractivity contribution is 7.99. The number of hydrogen-bond donors (Lipinski definition) is 1.